The van der Waals surface area contributed by atoms with Crippen molar-refractivity contribution in [2.24, 2.45) is 28.6 Å². The van der Waals surface area contributed by atoms with Crippen molar-refractivity contribution >= 4 is 40.8 Å². The van der Waals surface area contributed by atoms with Gasteiger partial charge < -0.3 is 19.1 Å². The van der Waals surface area contributed by atoms with Gasteiger partial charge in [0.05, 0.1) is 13.0 Å². The molecule has 0 unspecified atom stereocenters. The number of hydrogen-bond donors (Lipinski definition) is 0. The molecule has 236 valence electrons. The first-order chi connectivity index (χ1) is 20.5. The molecule has 5 rings (SSSR count). The Hall–Kier alpha value is -2.18. The summed E-state index contributed by atoms with van der Waals surface area (Å²) in [5.74, 6) is 3.85. The third-order valence-corrected chi connectivity index (χ3v) is 11.7. The van der Waals surface area contributed by atoms with Crippen LogP contribution in [0.3, 0.4) is 0 Å². The molecule has 0 amide bonds. The second-order valence-electron chi connectivity index (χ2n) is 13.6. The van der Waals surface area contributed by atoms with Gasteiger partial charge in [0.2, 0.25) is 0 Å². The molecule has 0 aromatic heterocycles. The molecule has 0 aliphatic heterocycles. The Balaban J connectivity index is 1.16. The Morgan fingerprint density at radius 3 is 2.35 bits per heavy atom. The maximum Gasteiger partial charge on any atom is 0.314 e. The predicted molar refractivity (Wildman–Crippen MR) is 172 cm³/mol. The normalized spacial score (nSPS) is 32.8. The molecule has 0 saturated heterocycles. The second-order valence-corrected chi connectivity index (χ2v) is 14.3. The highest BCUT2D eigenvalue weighted by atomic mass is 35.5. The molecule has 0 N–H and O–H groups in total. The van der Waals surface area contributed by atoms with Gasteiger partial charge in [-0.2, -0.15) is 0 Å². The van der Waals surface area contributed by atoms with Crippen LogP contribution in [0.2, 0.25) is 0 Å². The number of halogens is 2. The number of alkyl halides is 2. The van der Waals surface area contributed by atoms with Crippen molar-refractivity contribution in [1.29, 1.82) is 0 Å². The molecule has 0 heterocycles. The molecule has 1 aromatic rings. The van der Waals surface area contributed by atoms with Crippen LogP contribution in [0.5, 0.6) is 5.75 Å². The maximum absolute atomic E-state index is 12.7. The molecule has 1 aromatic carbocycles. The number of rotatable bonds is 11. The van der Waals surface area contributed by atoms with E-state index in [-0.39, 0.29) is 41.4 Å². The lowest BCUT2D eigenvalue weighted by molar-refractivity contribution is -0.176. The molecule has 4 aliphatic rings. The van der Waals surface area contributed by atoms with Gasteiger partial charge in [-0.1, -0.05) is 19.9 Å². The highest BCUT2D eigenvalue weighted by Gasteiger charge is 2.63. The summed E-state index contributed by atoms with van der Waals surface area (Å²) >= 11 is 11.8. The summed E-state index contributed by atoms with van der Waals surface area (Å²) in [5.41, 5.74) is 2.08. The van der Waals surface area contributed by atoms with Crippen molar-refractivity contribution < 1.29 is 23.8 Å². The van der Waals surface area contributed by atoms with E-state index in [2.05, 4.69) is 37.8 Å². The number of benzene rings is 1. The van der Waals surface area contributed by atoms with E-state index in [0.717, 1.165) is 69.5 Å². The van der Waals surface area contributed by atoms with Crippen LogP contribution in [0.4, 0.5) is 5.69 Å². The fourth-order valence-electron chi connectivity index (χ4n) is 8.87. The summed E-state index contributed by atoms with van der Waals surface area (Å²) in [4.78, 5) is 26.8. The van der Waals surface area contributed by atoms with Gasteiger partial charge in [0.25, 0.3) is 0 Å². The Kier molecular flexibility index (Phi) is 9.78. The van der Waals surface area contributed by atoms with Crippen molar-refractivity contribution in [3.63, 3.8) is 0 Å². The summed E-state index contributed by atoms with van der Waals surface area (Å²) in [6, 6.07) is 7.77. The van der Waals surface area contributed by atoms with Gasteiger partial charge in [-0.05, 0) is 105 Å². The van der Waals surface area contributed by atoms with Gasteiger partial charge in [0.1, 0.15) is 17.1 Å². The maximum atomic E-state index is 12.7. The number of carbonyl (C=O) groups excluding carboxylic acids is 2. The van der Waals surface area contributed by atoms with Crippen LogP contribution in [0.25, 0.3) is 0 Å². The molecule has 0 bridgehead atoms. The zero-order valence-corrected chi connectivity index (χ0v) is 27.6. The fraction of sp³-hybridized carbons (Fsp3) is 0.657. The molecule has 6 nitrogen and oxygen atoms in total. The Labute approximate surface area is 267 Å². The van der Waals surface area contributed by atoms with Crippen molar-refractivity contribution in [2.75, 3.05) is 36.4 Å². The summed E-state index contributed by atoms with van der Waals surface area (Å²) in [6.45, 7) is 10.2. The molecule has 4 aliphatic carbocycles. The fourth-order valence-corrected chi connectivity index (χ4v) is 9.28. The molecule has 2 fully saturated rings. The van der Waals surface area contributed by atoms with Crippen LogP contribution in [-0.2, 0) is 19.1 Å². The van der Waals surface area contributed by atoms with Crippen LogP contribution >= 0.6 is 23.2 Å². The Morgan fingerprint density at radius 1 is 0.977 bits per heavy atom. The smallest absolute Gasteiger partial charge is 0.314 e. The lowest BCUT2D eigenvalue weighted by atomic mass is 9.47. The molecule has 43 heavy (non-hydrogen) atoms. The lowest BCUT2D eigenvalue weighted by Crippen LogP contribution is -2.54. The number of hydrogen-bond acceptors (Lipinski definition) is 6. The van der Waals surface area contributed by atoms with Gasteiger partial charge in [-0.25, -0.2) is 0 Å². The first kappa shape index (κ1) is 32.2. The molecule has 6 atom stereocenters. The minimum absolute atomic E-state index is 0.0195. The molecule has 8 heteroatoms. The minimum atomic E-state index is -0.379. The molecular weight excluding hydrogens is 585 g/mol. The van der Waals surface area contributed by atoms with Crippen molar-refractivity contribution in [3.05, 3.63) is 47.7 Å². The largest absolute Gasteiger partial charge is 0.493 e. The van der Waals surface area contributed by atoms with Gasteiger partial charge in [0, 0.05) is 49.3 Å². The standard InChI is InChI=1S/C35H47Cl2NO5/c1-24(39)43-35(4)17-13-31-29-10-5-25-23-28(11-15-33(25,2)30(29)12-16-34(31,35)3)42-32(40)14-22-41-27-8-6-26(7-9-27)38(20-18-36)21-19-37/h5-9,23,29-31H,10-22H2,1-4H3/t29-,30+,31+,33+,34+,35+/m1/s1. The number of nitrogens with zero attached hydrogens (tertiary/aromatic N) is 1. The number of allylic oxidation sites excluding steroid dienone is 4. The van der Waals surface area contributed by atoms with Crippen LogP contribution < -0.4 is 9.64 Å². The lowest BCUT2D eigenvalue weighted by Gasteiger charge is -2.58. The van der Waals surface area contributed by atoms with E-state index in [9.17, 15) is 9.59 Å². The minimum Gasteiger partial charge on any atom is -0.493 e. The molecular formula is C35H47Cl2NO5. The highest BCUT2D eigenvalue weighted by Crippen LogP contribution is 2.67. The van der Waals surface area contributed by atoms with Crippen LogP contribution in [0.15, 0.2) is 47.7 Å². The second kappa shape index (κ2) is 13.0. The first-order valence-electron chi connectivity index (χ1n) is 15.9. The summed E-state index contributed by atoms with van der Waals surface area (Å²) in [6.07, 6.45) is 11.8. The monoisotopic (exact) mass is 631 g/mol. The van der Waals surface area contributed by atoms with Gasteiger partial charge >= 0.3 is 11.9 Å². The Morgan fingerprint density at radius 2 is 1.67 bits per heavy atom. The number of ether oxygens (including phenoxy) is 3. The van der Waals surface area contributed by atoms with E-state index in [0.29, 0.717) is 35.3 Å². The van der Waals surface area contributed by atoms with Gasteiger partial charge in [0.15, 0.2) is 0 Å². The van der Waals surface area contributed by atoms with Gasteiger partial charge in [-0.15, -0.1) is 23.2 Å². The van der Waals surface area contributed by atoms with Crippen molar-refractivity contribution in [2.45, 2.75) is 84.7 Å². The first-order valence-corrected chi connectivity index (χ1v) is 17.0. The average molecular weight is 633 g/mol. The third kappa shape index (κ3) is 6.33. The summed E-state index contributed by atoms with van der Waals surface area (Å²) < 4.78 is 17.6. The van der Waals surface area contributed by atoms with E-state index < -0.39 is 0 Å². The zero-order chi connectivity index (χ0) is 30.8. The SMILES string of the molecule is CC(=O)O[C@@]1(C)CC[C@H]2[C@@H]3CC=C4C=C(OC(=O)CCOc5ccc(N(CCCl)CCCl)cc5)CC[C@]4(C)[C@H]3CC[C@@]21C. The number of fused-ring (bicyclic) bond motifs is 5. The van der Waals surface area contributed by atoms with E-state index >= 15 is 0 Å². The number of anilines is 1. The summed E-state index contributed by atoms with van der Waals surface area (Å²) in [7, 11) is 0. The van der Waals surface area contributed by atoms with Crippen molar-refractivity contribution in [3.8, 4) is 5.75 Å². The quantitative estimate of drug-likeness (QED) is 0.182. The molecule has 2 saturated carbocycles. The molecule has 0 radical (unpaired) electrons. The molecule has 0 spiro atoms. The van der Waals surface area contributed by atoms with E-state index in [1.54, 1.807) is 0 Å². The summed E-state index contributed by atoms with van der Waals surface area (Å²) in [5, 5.41) is 0. The van der Waals surface area contributed by atoms with Crippen LogP contribution in [0, 0.1) is 28.6 Å². The van der Waals surface area contributed by atoms with Gasteiger partial charge in [-0.3, -0.25) is 9.59 Å². The van der Waals surface area contributed by atoms with E-state index in [1.165, 1.54) is 12.5 Å². The van der Waals surface area contributed by atoms with Crippen LogP contribution in [0.1, 0.15) is 79.1 Å². The number of carbonyl (C=O) groups is 2. The number of esters is 2. The topological polar surface area (TPSA) is 65.1 Å². The van der Waals surface area contributed by atoms with Crippen LogP contribution in [-0.4, -0.2) is 49.0 Å². The van der Waals surface area contributed by atoms with Crippen molar-refractivity contribution in [1.82, 2.24) is 0 Å². The Bertz CT molecular complexity index is 1240. The predicted octanol–water partition coefficient (Wildman–Crippen LogP) is 8.06. The third-order valence-electron chi connectivity index (χ3n) is 11.4. The zero-order valence-electron chi connectivity index (χ0n) is 26.1. The van der Waals surface area contributed by atoms with E-state index in [1.807, 2.05) is 24.3 Å². The average Bonchev–Trinajstić information content (AvgIpc) is 3.23. The van der Waals surface area contributed by atoms with E-state index in [4.69, 9.17) is 37.4 Å². The highest BCUT2D eigenvalue weighted by molar-refractivity contribution is 6.18.